The molecule has 120 valence electrons. The van der Waals surface area contributed by atoms with Crippen LogP contribution in [0.15, 0.2) is 29.2 Å². The maximum absolute atomic E-state index is 11.9. The van der Waals surface area contributed by atoms with Crippen molar-refractivity contribution in [1.82, 2.24) is 5.32 Å². The van der Waals surface area contributed by atoms with E-state index in [0.717, 1.165) is 44.5 Å². The van der Waals surface area contributed by atoms with Gasteiger partial charge in [0, 0.05) is 37.0 Å². The summed E-state index contributed by atoms with van der Waals surface area (Å²) < 4.78 is 23.0. The Morgan fingerprint density at radius 1 is 1.18 bits per heavy atom. The minimum Gasteiger partial charge on any atom is -0.369 e. The van der Waals surface area contributed by atoms with Gasteiger partial charge in [0.25, 0.3) is 0 Å². The van der Waals surface area contributed by atoms with Gasteiger partial charge in [-0.2, -0.15) is 0 Å². The molecule has 6 heteroatoms. The highest BCUT2D eigenvalue weighted by Gasteiger charge is 2.32. The number of piperidine rings is 1. The molecule has 1 heterocycles. The summed E-state index contributed by atoms with van der Waals surface area (Å²) in [5.41, 5.74) is 1.01. The van der Waals surface area contributed by atoms with Crippen molar-refractivity contribution in [3.05, 3.63) is 24.3 Å². The van der Waals surface area contributed by atoms with Gasteiger partial charge in [0.15, 0.2) is 9.84 Å². The number of amides is 1. The molecule has 1 atom stereocenters. The van der Waals surface area contributed by atoms with Crippen molar-refractivity contribution in [2.45, 2.75) is 36.6 Å². The fourth-order valence-corrected chi connectivity index (χ4v) is 3.53. The van der Waals surface area contributed by atoms with Crippen molar-refractivity contribution in [2.75, 3.05) is 24.2 Å². The van der Waals surface area contributed by atoms with E-state index in [0.29, 0.717) is 4.90 Å². The number of nitrogens with zero attached hydrogens (tertiary/aromatic N) is 1. The van der Waals surface area contributed by atoms with Crippen LogP contribution >= 0.6 is 0 Å². The van der Waals surface area contributed by atoms with Crippen molar-refractivity contribution in [3.8, 4) is 0 Å². The smallest absolute Gasteiger partial charge is 0.223 e. The highest BCUT2D eigenvalue weighted by Crippen LogP contribution is 2.29. The molecule has 0 radical (unpaired) electrons. The zero-order chi connectivity index (χ0) is 15.7. The van der Waals surface area contributed by atoms with Crippen molar-refractivity contribution >= 4 is 21.4 Å². The van der Waals surface area contributed by atoms with Crippen molar-refractivity contribution in [1.29, 1.82) is 0 Å². The lowest BCUT2D eigenvalue weighted by Gasteiger charge is -2.35. The lowest BCUT2D eigenvalue weighted by atomic mass is 10.0. The van der Waals surface area contributed by atoms with Gasteiger partial charge in [-0.25, -0.2) is 8.42 Å². The van der Waals surface area contributed by atoms with E-state index in [9.17, 15) is 13.2 Å². The zero-order valence-corrected chi connectivity index (χ0v) is 13.6. The van der Waals surface area contributed by atoms with Crippen molar-refractivity contribution in [3.63, 3.8) is 0 Å². The summed E-state index contributed by atoms with van der Waals surface area (Å²) in [6.45, 7) is 1.73. The number of carbonyl (C=O) groups excluding carboxylic acids is 1. The van der Waals surface area contributed by atoms with Gasteiger partial charge in [0.2, 0.25) is 5.91 Å². The molecule has 22 heavy (non-hydrogen) atoms. The predicted molar refractivity (Wildman–Crippen MR) is 85.7 cm³/mol. The van der Waals surface area contributed by atoms with Crippen LogP contribution in [0, 0.1) is 5.92 Å². The number of hydrogen-bond acceptors (Lipinski definition) is 4. The Morgan fingerprint density at radius 2 is 1.86 bits per heavy atom. The Kier molecular flexibility index (Phi) is 4.12. The zero-order valence-electron chi connectivity index (χ0n) is 12.8. The van der Waals surface area contributed by atoms with Crippen LogP contribution in [0.5, 0.6) is 0 Å². The molecule has 1 saturated heterocycles. The molecule has 1 saturated carbocycles. The summed E-state index contributed by atoms with van der Waals surface area (Å²) in [6.07, 6.45) is 5.30. The Hall–Kier alpha value is -1.56. The molecule has 1 N–H and O–H groups in total. The van der Waals surface area contributed by atoms with Gasteiger partial charge in [0.05, 0.1) is 4.90 Å². The van der Waals surface area contributed by atoms with Gasteiger partial charge in [0.1, 0.15) is 0 Å². The summed E-state index contributed by atoms with van der Waals surface area (Å²) in [4.78, 5) is 14.4. The molecule has 1 aliphatic heterocycles. The lowest BCUT2D eigenvalue weighted by Crippen LogP contribution is -2.48. The summed E-state index contributed by atoms with van der Waals surface area (Å²) >= 11 is 0. The number of hydrogen-bond donors (Lipinski definition) is 1. The number of sulfone groups is 1. The minimum absolute atomic E-state index is 0.191. The van der Waals surface area contributed by atoms with Crippen molar-refractivity contribution in [2.24, 2.45) is 5.92 Å². The molecule has 1 aromatic carbocycles. The monoisotopic (exact) mass is 322 g/mol. The van der Waals surface area contributed by atoms with Gasteiger partial charge in [-0.1, -0.05) is 0 Å². The SMILES string of the molecule is CS(=O)(=O)c1ccc(N2CCCC(NC(=O)C3CC3)C2)cc1. The average Bonchev–Trinajstić information content (AvgIpc) is 3.31. The molecule has 5 nitrogen and oxygen atoms in total. The number of benzene rings is 1. The van der Waals surface area contributed by atoms with Gasteiger partial charge in [-0.05, 0) is 49.9 Å². The molecule has 3 rings (SSSR count). The van der Waals surface area contributed by atoms with E-state index in [1.54, 1.807) is 12.1 Å². The first-order chi connectivity index (χ1) is 10.4. The van der Waals surface area contributed by atoms with E-state index >= 15 is 0 Å². The highest BCUT2D eigenvalue weighted by molar-refractivity contribution is 7.90. The van der Waals surface area contributed by atoms with Crippen LogP contribution in [0.4, 0.5) is 5.69 Å². The van der Waals surface area contributed by atoms with Crippen molar-refractivity contribution < 1.29 is 13.2 Å². The van der Waals surface area contributed by atoms with Crippen LogP contribution in [-0.2, 0) is 14.6 Å². The molecule has 1 aliphatic carbocycles. The maximum Gasteiger partial charge on any atom is 0.223 e. The summed E-state index contributed by atoms with van der Waals surface area (Å²) in [5.74, 6) is 0.434. The van der Waals surface area contributed by atoms with Crippen LogP contribution < -0.4 is 10.2 Å². The molecule has 2 aliphatic rings. The third-order valence-corrected chi connectivity index (χ3v) is 5.47. The Morgan fingerprint density at radius 3 is 2.45 bits per heavy atom. The Bertz CT molecular complexity index is 650. The molecule has 2 fully saturated rings. The van der Waals surface area contributed by atoms with E-state index in [1.165, 1.54) is 6.26 Å². The normalized spacial score (nSPS) is 22.4. The topological polar surface area (TPSA) is 66.5 Å². The molecular weight excluding hydrogens is 300 g/mol. The molecular formula is C16H22N2O3S. The second-order valence-electron chi connectivity index (χ2n) is 6.33. The molecule has 1 unspecified atom stereocenters. The second kappa shape index (κ2) is 5.91. The highest BCUT2D eigenvalue weighted by atomic mass is 32.2. The van der Waals surface area contributed by atoms with Crippen LogP contribution in [0.3, 0.4) is 0 Å². The first-order valence-corrected chi connectivity index (χ1v) is 9.68. The van der Waals surface area contributed by atoms with E-state index in [1.807, 2.05) is 12.1 Å². The number of nitrogens with one attached hydrogen (secondary N) is 1. The molecule has 1 amide bonds. The fraction of sp³-hybridized carbons (Fsp3) is 0.562. The summed E-state index contributed by atoms with van der Waals surface area (Å²) in [6, 6.07) is 7.19. The lowest BCUT2D eigenvalue weighted by molar-refractivity contribution is -0.123. The van der Waals surface area contributed by atoms with Crippen LogP contribution in [0.1, 0.15) is 25.7 Å². The van der Waals surface area contributed by atoms with Crippen LogP contribution in [-0.4, -0.2) is 39.7 Å². The fourth-order valence-electron chi connectivity index (χ4n) is 2.90. The second-order valence-corrected chi connectivity index (χ2v) is 8.35. The molecule has 1 aromatic rings. The third-order valence-electron chi connectivity index (χ3n) is 4.35. The molecule has 0 spiro atoms. The summed E-state index contributed by atoms with van der Waals surface area (Å²) in [5, 5.41) is 3.14. The predicted octanol–water partition coefficient (Wildman–Crippen LogP) is 1.59. The van der Waals surface area contributed by atoms with E-state index in [4.69, 9.17) is 0 Å². The largest absolute Gasteiger partial charge is 0.369 e. The Balaban J connectivity index is 1.65. The number of carbonyl (C=O) groups is 1. The average molecular weight is 322 g/mol. The van der Waals surface area contributed by atoms with Crippen LogP contribution in [0.2, 0.25) is 0 Å². The van der Waals surface area contributed by atoms with E-state index < -0.39 is 9.84 Å². The first-order valence-electron chi connectivity index (χ1n) is 7.79. The van der Waals surface area contributed by atoms with E-state index in [2.05, 4.69) is 10.2 Å². The van der Waals surface area contributed by atoms with Gasteiger partial charge in [-0.15, -0.1) is 0 Å². The van der Waals surface area contributed by atoms with Crippen LogP contribution in [0.25, 0.3) is 0 Å². The first kappa shape index (κ1) is 15.3. The van der Waals surface area contributed by atoms with E-state index in [-0.39, 0.29) is 17.9 Å². The quantitative estimate of drug-likeness (QED) is 0.914. The minimum atomic E-state index is -3.16. The standard InChI is InChI=1S/C16H22N2O3S/c1-22(20,21)15-8-6-14(7-9-15)18-10-2-3-13(11-18)17-16(19)12-4-5-12/h6-9,12-13H,2-5,10-11H2,1H3,(H,17,19). The van der Waals surface area contributed by atoms with Gasteiger partial charge < -0.3 is 10.2 Å². The number of anilines is 1. The third kappa shape index (κ3) is 3.61. The molecule has 0 bridgehead atoms. The van der Waals surface area contributed by atoms with Gasteiger partial charge in [-0.3, -0.25) is 4.79 Å². The maximum atomic E-state index is 11.9. The Labute approximate surface area is 131 Å². The summed E-state index contributed by atoms with van der Waals surface area (Å²) in [7, 11) is -3.16. The van der Waals surface area contributed by atoms with Gasteiger partial charge >= 0.3 is 0 Å². The number of rotatable bonds is 4. The molecule has 0 aromatic heterocycles.